The van der Waals surface area contributed by atoms with Gasteiger partial charge in [-0.2, -0.15) is 13.2 Å². The Labute approximate surface area is 198 Å². The second kappa shape index (κ2) is 9.68. The highest BCUT2D eigenvalue weighted by molar-refractivity contribution is 6.05. The van der Waals surface area contributed by atoms with Gasteiger partial charge in [0.2, 0.25) is 0 Å². The molecule has 1 aliphatic carbocycles. The van der Waals surface area contributed by atoms with Crippen LogP contribution in [0.2, 0.25) is 0 Å². The summed E-state index contributed by atoms with van der Waals surface area (Å²) in [5.74, 6) is -0.785. The molecule has 0 radical (unpaired) electrons. The normalized spacial score (nSPS) is 23.6. The first-order valence-electron chi connectivity index (χ1n) is 11.8. The predicted octanol–water partition coefficient (Wildman–Crippen LogP) is 5.38. The molecule has 0 saturated heterocycles. The number of carbonyl (C=O) groups excluding carboxylic acids is 2. The molecule has 6 nitrogen and oxygen atoms in total. The molecule has 1 aliphatic heterocycles. The molecule has 1 unspecified atom stereocenters. The van der Waals surface area contributed by atoms with E-state index in [-0.39, 0.29) is 29.6 Å². The van der Waals surface area contributed by atoms with Crippen LogP contribution in [0.15, 0.2) is 18.3 Å². The molecule has 0 bridgehead atoms. The number of ether oxygens (including phenoxy) is 1. The molecule has 2 aliphatic rings. The van der Waals surface area contributed by atoms with Crippen LogP contribution in [0, 0.1) is 11.3 Å². The molecule has 9 heteroatoms. The van der Waals surface area contributed by atoms with Gasteiger partial charge in [-0.1, -0.05) is 19.9 Å². The number of pyridine rings is 1. The molecule has 34 heavy (non-hydrogen) atoms. The summed E-state index contributed by atoms with van der Waals surface area (Å²) in [6.45, 7) is 10.1. The fourth-order valence-corrected chi connectivity index (χ4v) is 4.92. The minimum absolute atomic E-state index is 0.116. The summed E-state index contributed by atoms with van der Waals surface area (Å²) in [7, 11) is 0. The van der Waals surface area contributed by atoms with Gasteiger partial charge >= 0.3 is 12.3 Å². The summed E-state index contributed by atoms with van der Waals surface area (Å²) in [4.78, 5) is 30.6. The number of amides is 1. The molecule has 0 aromatic carbocycles. The molecule has 3 rings (SSSR count). The summed E-state index contributed by atoms with van der Waals surface area (Å²) in [5.41, 5.74) is -2.27. The highest BCUT2D eigenvalue weighted by atomic mass is 19.4. The van der Waals surface area contributed by atoms with Crippen molar-refractivity contribution in [3.8, 4) is 0 Å². The fourth-order valence-electron chi connectivity index (χ4n) is 4.92. The predicted molar refractivity (Wildman–Crippen MR) is 123 cm³/mol. The molecular weight excluding hydrogens is 447 g/mol. The number of alkyl carbamates (subject to hydrolysis) is 1. The number of aromatic nitrogens is 1. The second-order valence-electron chi connectivity index (χ2n) is 10.5. The van der Waals surface area contributed by atoms with E-state index in [4.69, 9.17) is 4.74 Å². The lowest BCUT2D eigenvalue weighted by Gasteiger charge is -2.34. The van der Waals surface area contributed by atoms with Crippen LogP contribution in [0.25, 0.3) is 5.57 Å². The maximum atomic E-state index is 14.1. The number of nitrogens with zero attached hydrogens (tertiary/aromatic N) is 1. The van der Waals surface area contributed by atoms with Gasteiger partial charge in [-0.15, -0.1) is 0 Å². The maximum Gasteiger partial charge on any atom is 0.417 e. The highest BCUT2D eigenvalue weighted by Crippen LogP contribution is 2.49. The Morgan fingerprint density at radius 3 is 2.53 bits per heavy atom. The molecular formula is C25H34F3N3O3. The van der Waals surface area contributed by atoms with Crippen molar-refractivity contribution in [1.82, 2.24) is 15.6 Å². The number of nitrogens with one attached hydrogen (secondary N) is 2. The molecule has 1 aromatic heterocycles. The van der Waals surface area contributed by atoms with Crippen molar-refractivity contribution in [3.63, 3.8) is 0 Å². The van der Waals surface area contributed by atoms with Gasteiger partial charge in [0.05, 0.1) is 16.8 Å². The van der Waals surface area contributed by atoms with Crippen molar-refractivity contribution in [2.24, 2.45) is 11.3 Å². The minimum atomic E-state index is -4.69. The lowest BCUT2D eigenvalue weighted by Crippen LogP contribution is -2.41. The van der Waals surface area contributed by atoms with E-state index in [1.54, 1.807) is 26.8 Å². The van der Waals surface area contributed by atoms with Gasteiger partial charge in [0.1, 0.15) is 5.60 Å². The number of alkyl halides is 3. The SMILES string of the molecule is CC(C)C1(C(=O)c2c(C(F)(F)F)ccnc2C2=CCNCC2)CC[C@@H](NC(=O)OC(C)(C)C)C1. The third-order valence-electron chi connectivity index (χ3n) is 6.68. The summed E-state index contributed by atoms with van der Waals surface area (Å²) in [6.07, 6.45) is -0.777. The molecule has 2 atom stereocenters. The first-order chi connectivity index (χ1) is 15.7. The van der Waals surface area contributed by atoms with E-state index in [0.29, 0.717) is 37.9 Å². The van der Waals surface area contributed by atoms with Crippen LogP contribution < -0.4 is 10.6 Å². The molecule has 0 spiro atoms. The smallest absolute Gasteiger partial charge is 0.417 e. The second-order valence-corrected chi connectivity index (χ2v) is 10.5. The van der Waals surface area contributed by atoms with Gasteiger partial charge in [-0.3, -0.25) is 9.78 Å². The molecule has 2 N–H and O–H groups in total. The number of carbonyl (C=O) groups is 2. The number of rotatable bonds is 5. The topological polar surface area (TPSA) is 80.3 Å². The zero-order valence-electron chi connectivity index (χ0n) is 20.4. The first-order valence-corrected chi connectivity index (χ1v) is 11.8. The van der Waals surface area contributed by atoms with Crippen molar-refractivity contribution < 1.29 is 27.5 Å². The molecule has 1 amide bonds. The number of hydrogen-bond acceptors (Lipinski definition) is 5. The molecule has 1 fully saturated rings. The number of Topliss-reactive ketones (excluding diaryl/α,β-unsaturated/α-hetero) is 1. The molecule has 1 saturated carbocycles. The lowest BCUT2D eigenvalue weighted by molar-refractivity contribution is -0.138. The molecule has 1 aromatic rings. The van der Waals surface area contributed by atoms with E-state index in [9.17, 15) is 22.8 Å². The summed E-state index contributed by atoms with van der Waals surface area (Å²) >= 11 is 0. The van der Waals surface area contributed by atoms with Crippen molar-refractivity contribution in [2.45, 2.75) is 78.1 Å². The fraction of sp³-hybridized carbons (Fsp3) is 0.640. The van der Waals surface area contributed by atoms with Crippen molar-refractivity contribution >= 4 is 17.4 Å². The number of ketones is 1. The third kappa shape index (κ3) is 5.62. The van der Waals surface area contributed by atoms with Crippen LogP contribution in [-0.4, -0.2) is 41.6 Å². The van der Waals surface area contributed by atoms with Gasteiger partial charge < -0.3 is 15.4 Å². The van der Waals surface area contributed by atoms with Crippen LogP contribution in [0.4, 0.5) is 18.0 Å². The Morgan fingerprint density at radius 1 is 1.26 bits per heavy atom. The van der Waals surface area contributed by atoms with Crippen molar-refractivity contribution in [3.05, 3.63) is 35.2 Å². The summed E-state index contributed by atoms with van der Waals surface area (Å²) < 4.78 is 47.6. The van der Waals surface area contributed by atoms with E-state index in [1.807, 2.05) is 13.8 Å². The van der Waals surface area contributed by atoms with Crippen LogP contribution in [-0.2, 0) is 10.9 Å². The van der Waals surface area contributed by atoms with E-state index >= 15 is 0 Å². The van der Waals surface area contributed by atoms with Gasteiger partial charge in [-0.05, 0) is 70.6 Å². The largest absolute Gasteiger partial charge is 0.444 e. The Bertz CT molecular complexity index is 966. The minimum Gasteiger partial charge on any atom is -0.444 e. The third-order valence-corrected chi connectivity index (χ3v) is 6.68. The monoisotopic (exact) mass is 481 g/mol. The zero-order chi connectivity index (χ0) is 25.3. The van der Waals surface area contributed by atoms with E-state index < -0.39 is 34.6 Å². The Morgan fingerprint density at radius 2 is 1.97 bits per heavy atom. The average molecular weight is 482 g/mol. The lowest BCUT2D eigenvalue weighted by atomic mass is 9.69. The maximum absolute atomic E-state index is 14.1. The average Bonchev–Trinajstić information content (AvgIpc) is 3.16. The van der Waals surface area contributed by atoms with Crippen LogP contribution >= 0.6 is 0 Å². The van der Waals surface area contributed by atoms with Crippen molar-refractivity contribution in [2.75, 3.05) is 13.1 Å². The van der Waals surface area contributed by atoms with Gasteiger partial charge in [0.25, 0.3) is 0 Å². The summed E-state index contributed by atoms with van der Waals surface area (Å²) in [5, 5.41) is 5.94. The Hall–Kier alpha value is -2.42. The standard InChI is InChI=1S/C25H34F3N3O3/c1-15(2)24(10-6-17(14-24)31-22(33)34-23(3,4)5)21(32)19-18(25(26,27)28)9-13-30-20(19)16-7-11-29-12-8-16/h7,9,13,15,17,29H,6,8,10-12,14H2,1-5H3,(H,31,33)/t17-,24?/m1/s1. The number of halogens is 3. The van der Waals surface area contributed by atoms with Crippen LogP contribution in [0.5, 0.6) is 0 Å². The number of hydrogen-bond donors (Lipinski definition) is 2. The first kappa shape index (κ1) is 26.2. The molecule has 2 heterocycles. The quantitative estimate of drug-likeness (QED) is 0.552. The Balaban J connectivity index is 2.01. The van der Waals surface area contributed by atoms with Gasteiger partial charge in [0.15, 0.2) is 5.78 Å². The van der Waals surface area contributed by atoms with Crippen LogP contribution in [0.1, 0.15) is 81.9 Å². The Kier molecular flexibility index (Phi) is 7.45. The van der Waals surface area contributed by atoms with E-state index in [0.717, 1.165) is 12.3 Å². The van der Waals surface area contributed by atoms with Gasteiger partial charge in [-0.25, -0.2) is 4.79 Å². The van der Waals surface area contributed by atoms with E-state index in [2.05, 4.69) is 15.6 Å². The van der Waals surface area contributed by atoms with E-state index in [1.165, 1.54) is 0 Å². The van der Waals surface area contributed by atoms with Gasteiger partial charge in [0, 0.05) is 24.2 Å². The highest BCUT2D eigenvalue weighted by Gasteiger charge is 2.51. The zero-order valence-corrected chi connectivity index (χ0v) is 20.4. The van der Waals surface area contributed by atoms with Crippen LogP contribution in [0.3, 0.4) is 0 Å². The molecule has 188 valence electrons. The van der Waals surface area contributed by atoms with Crippen molar-refractivity contribution in [1.29, 1.82) is 0 Å². The summed E-state index contributed by atoms with van der Waals surface area (Å²) in [6, 6.07) is 0.520.